The fourth-order valence-electron chi connectivity index (χ4n) is 1.91. The Bertz CT molecular complexity index is 594. The largest absolute Gasteiger partial charge is 0.310 e. The summed E-state index contributed by atoms with van der Waals surface area (Å²) < 4.78 is 26.7. The highest BCUT2D eigenvalue weighted by Crippen LogP contribution is 2.30. The molecule has 4 heteroatoms. The van der Waals surface area contributed by atoms with Crippen LogP contribution < -0.4 is 5.32 Å². The quantitative estimate of drug-likeness (QED) is 0.878. The second kappa shape index (κ2) is 5.94. The minimum absolute atomic E-state index is 0.314. The summed E-state index contributed by atoms with van der Waals surface area (Å²) >= 11 is 1.24. The molecule has 3 rings (SSSR count). The van der Waals surface area contributed by atoms with Crippen molar-refractivity contribution in [3.63, 3.8) is 0 Å². The van der Waals surface area contributed by atoms with Gasteiger partial charge in [0.25, 0.3) is 0 Å². The molecule has 104 valence electrons. The summed E-state index contributed by atoms with van der Waals surface area (Å²) in [5.41, 5.74) is 1.21. The Labute approximate surface area is 121 Å². The van der Waals surface area contributed by atoms with E-state index in [1.54, 1.807) is 0 Å². The van der Waals surface area contributed by atoms with Gasteiger partial charge in [0.05, 0.1) is 4.90 Å². The molecule has 0 aromatic heterocycles. The average Bonchev–Trinajstić information content (AvgIpc) is 3.26. The van der Waals surface area contributed by atoms with E-state index in [0.717, 1.165) is 23.6 Å². The van der Waals surface area contributed by atoms with Gasteiger partial charge in [0.15, 0.2) is 0 Å². The van der Waals surface area contributed by atoms with Crippen LogP contribution in [0.15, 0.2) is 52.3 Å². The molecule has 1 aliphatic carbocycles. The molecule has 2 aromatic rings. The van der Waals surface area contributed by atoms with Crippen LogP contribution >= 0.6 is 11.8 Å². The molecular weight excluding hydrogens is 276 g/mol. The van der Waals surface area contributed by atoms with Gasteiger partial charge in [-0.05, 0) is 48.7 Å². The maximum absolute atomic E-state index is 13.6. The Hall–Kier alpha value is -1.39. The van der Waals surface area contributed by atoms with Crippen molar-refractivity contribution < 1.29 is 8.78 Å². The van der Waals surface area contributed by atoms with E-state index in [1.807, 2.05) is 24.3 Å². The van der Waals surface area contributed by atoms with E-state index in [-0.39, 0.29) is 0 Å². The summed E-state index contributed by atoms with van der Waals surface area (Å²) in [5.74, 6) is -0.810. The number of nitrogens with one attached hydrogen (secondary N) is 1. The SMILES string of the molecule is Fc1ccc(F)c(Sc2ccc(CNC3CC3)cc2)c1. The Morgan fingerprint density at radius 1 is 1.05 bits per heavy atom. The maximum Gasteiger partial charge on any atom is 0.137 e. The van der Waals surface area contributed by atoms with Crippen LogP contribution in [0.4, 0.5) is 8.78 Å². The second-order valence-electron chi connectivity index (χ2n) is 4.98. The van der Waals surface area contributed by atoms with Gasteiger partial charge in [-0.15, -0.1) is 0 Å². The molecule has 2 aromatic carbocycles. The molecule has 1 saturated carbocycles. The molecule has 1 fully saturated rings. The molecule has 1 aliphatic rings. The number of benzene rings is 2. The predicted octanol–water partition coefficient (Wildman–Crippen LogP) is 4.37. The number of halogens is 2. The maximum atomic E-state index is 13.6. The Morgan fingerprint density at radius 2 is 1.80 bits per heavy atom. The van der Waals surface area contributed by atoms with Gasteiger partial charge in [-0.1, -0.05) is 23.9 Å². The van der Waals surface area contributed by atoms with Gasteiger partial charge in [0.1, 0.15) is 11.6 Å². The molecule has 0 spiro atoms. The standard InChI is InChI=1S/C16H15F2NS/c17-12-3-8-15(18)16(9-12)20-14-6-1-11(2-7-14)10-19-13-4-5-13/h1-3,6-9,13,19H,4-5,10H2. The lowest BCUT2D eigenvalue weighted by atomic mass is 10.2. The molecule has 0 unspecified atom stereocenters. The van der Waals surface area contributed by atoms with Gasteiger partial charge in [0.2, 0.25) is 0 Å². The lowest BCUT2D eigenvalue weighted by Crippen LogP contribution is -2.14. The van der Waals surface area contributed by atoms with Crippen LogP contribution in [0.25, 0.3) is 0 Å². The molecule has 0 aliphatic heterocycles. The minimum atomic E-state index is -0.417. The van der Waals surface area contributed by atoms with E-state index >= 15 is 0 Å². The van der Waals surface area contributed by atoms with Crippen molar-refractivity contribution in [3.05, 3.63) is 59.7 Å². The lowest BCUT2D eigenvalue weighted by Gasteiger charge is -2.06. The van der Waals surface area contributed by atoms with Crippen LogP contribution in [-0.2, 0) is 6.54 Å². The first kappa shape index (κ1) is 13.6. The van der Waals surface area contributed by atoms with E-state index in [4.69, 9.17) is 0 Å². The summed E-state index contributed by atoms with van der Waals surface area (Å²) in [5, 5.41) is 3.44. The van der Waals surface area contributed by atoms with Gasteiger partial charge in [-0.2, -0.15) is 0 Å². The normalized spacial score (nSPS) is 14.5. The van der Waals surface area contributed by atoms with Gasteiger partial charge in [-0.25, -0.2) is 8.78 Å². The lowest BCUT2D eigenvalue weighted by molar-refractivity contribution is 0.577. The molecule has 0 atom stereocenters. The third kappa shape index (κ3) is 3.58. The highest BCUT2D eigenvalue weighted by atomic mass is 32.2. The molecular formula is C16H15F2NS. The number of hydrogen-bond donors (Lipinski definition) is 1. The summed E-state index contributed by atoms with van der Waals surface area (Å²) in [6.07, 6.45) is 2.54. The molecule has 20 heavy (non-hydrogen) atoms. The Kier molecular flexibility index (Phi) is 4.03. The first-order valence-corrected chi connectivity index (χ1v) is 7.47. The zero-order chi connectivity index (χ0) is 13.9. The van der Waals surface area contributed by atoms with E-state index in [0.29, 0.717) is 10.9 Å². The van der Waals surface area contributed by atoms with Crippen molar-refractivity contribution in [2.75, 3.05) is 0 Å². The molecule has 0 amide bonds. The Balaban J connectivity index is 1.66. The van der Waals surface area contributed by atoms with E-state index < -0.39 is 11.6 Å². The monoisotopic (exact) mass is 291 g/mol. The topological polar surface area (TPSA) is 12.0 Å². The van der Waals surface area contributed by atoms with Crippen molar-refractivity contribution in [1.82, 2.24) is 5.32 Å². The van der Waals surface area contributed by atoms with Crippen molar-refractivity contribution in [2.45, 2.75) is 35.2 Å². The molecule has 0 heterocycles. The van der Waals surface area contributed by atoms with Crippen LogP contribution in [-0.4, -0.2) is 6.04 Å². The van der Waals surface area contributed by atoms with E-state index in [9.17, 15) is 8.78 Å². The van der Waals surface area contributed by atoms with E-state index in [1.165, 1.54) is 36.2 Å². The Morgan fingerprint density at radius 3 is 2.50 bits per heavy atom. The van der Waals surface area contributed by atoms with Gasteiger partial charge >= 0.3 is 0 Å². The van der Waals surface area contributed by atoms with E-state index in [2.05, 4.69) is 5.32 Å². The van der Waals surface area contributed by atoms with Gasteiger partial charge in [-0.3, -0.25) is 0 Å². The molecule has 0 bridgehead atoms. The zero-order valence-corrected chi connectivity index (χ0v) is 11.7. The third-order valence-electron chi connectivity index (χ3n) is 3.22. The van der Waals surface area contributed by atoms with Crippen LogP contribution in [0.3, 0.4) is 0 Å². The van der Waals surface area contributed by atoms with Crippen molar-refractivity contribution in [2.24, 2.45) is 0 Å². The average molecular weight is 291 g/mol. The molecule has 0 radical (unpaired) electrons. The first-order chi connectivity index (χ1) is 9.70. The van der Waals surface area contributed by atoms with Crippen molar-refractivity contribution in [3.8, 4) is 0 Å². The van der Waals surface area contributed by atoms with Crippen molar-refractivity contribution >= 4 is 11.8 Å². The summed E-state index contributed by atoms with van der Waals surface area (Å²) in [6, 6.07) is 12.1. The summed E-state index contributed by atoms with van der Waals surface area (Å²) in [6.45, 7) is 0.865. The smallest absolute Gasteiger partial charge is 0.137 e. The third-order valence-corrected chi connectivity index (χ3v) is 4.26. The van der Waals surface area contributed by atoms with Crippen LogP contribution in [0.1, 0.15) is 18.4 Å². The summed E-state index contributed by atoms with van der Waals surface area (Å²) in [7, 11) is 0. The molecule has 0 saturated heterocycles. The predicted molar refractivity (Wildman–Crippen MR) is 76.8 cm³/mol. The summed E-state index contributed by atoms with van der Waals surface area (Å²) in [4.78, 5) is 1.22. The van der Waals surface area contributed by atoms with Gasteiger partial charge in [0, 0.05) is 17.5 Å². The first-order valence-electron chi connectivity index (χ1n) is 6.66. The van der Waals surface area contributed by atoms with Gasteiger partial charge < -0.3 is 5.32 Å². The van der Waals surface area contributed by atoms with Crippen molar-refractivity contribution in [1.29, 1.82) is 0 Å². The van der Waals surface area contributed by atoms with Crippen LogP contribution in [0.5, 0.6) is 0 Å². The molecule has 1 N–H and O–H groups in total. The van der Waals surface area contributed by atoms with Crippen LogP contribution in [0.2, 0.25) is 0 Å². The highest BCUT2D eigenvalue weighted by molar-refractivity contribution is 7.99. The fraction of sp³-hybridized carbons (Fsp3) is 0.250. The number of rotatable bonds is 5. The highest BCUT2D eigenvalue weighted by Gasteiger charge is 2.19. The number of hydrogen-bond acceptors (Lipinski definition) is 2. The van der Waals surface area contributed by atoms with Crippen LogP contribution in [0, 0.1) is 11.6 Å². The second-order valence-corrected chi connectivity index (χ2v) is 6.09. The zero-order valence-electron chi connectivity index (χ0n) is 10.9. The molecule has 1 nitrogen and oxygen atoms in total. The minimum Gasteiger partial charge on any atom is -0.310 e. The fourth-order valence-corrected chi connectivity index (χ4v) is 2.77.